The molecule has 4 aromatic heterocycles. The van der Waals surface area contributed by atoms with E-state index >= 15 is 0 Å². The van der Waals surface area contributed by atoms with Crippen LogP contribution in [0.15, 0.2) is 66.9 Å². The van der Waals surface area contributed by atoms with Crippen molar-refractivity contribution in [1.29, 1.82) is 0 Å². The van der Waals surface area contributed by atoms with Gasteiger partial charge in [-0.2, -0.15) is 22.7 Å². The molecule has 0 saturated carbocycles. The lowest BCUT2D eigenvalue weighted by atomic mass is 9.84. The average Bonchev–Trinajstić information content (AvgIpc) is 3.25. The number of aromatic nitrogens is 5. The maximum absolute atomic E-state index is 13.5. The SMILES string of the molecule is CC(C)(c1cccc(-c2cccc(F)n2)n1)c1cccc(-n2ccc(C(F)(F)F)n2)n1. The van der Waals surface area contributed by atoms with Crippen LogP contribution in [0, 0.1) is 5.95 Å². The van der Waals surface area contributed by atoms with E-state index in [1.54, 1.807) is 42.5 Å². The molecule has 158 valence electrons. The first kappa shape index (κ1) is 20.6. The van der Waals surface area contributed by atoms with Crippen LogP contribution in [0.1, 0.15) is 30.9 Å². The summed E-state index contributed by atoms with van der Waals surface area (Å²) in [5.41, 5.74) is 0.456. The van der Waals surface area contributed by atoms with Crippen molar-refractivity contribution >= 4 is 0 Å². The van der Waals surface area contributed by atoms with Crippen molar-refractivity contribution in [3.8, 4) is 17.2 Å². The Morgan fingerprint density at radius 2 is 1.32 bits per heavy atom. The van der Waals surface area contributed by atoms with Gasteiger partial charge in [0.05, 0.1) is 22.8 Å². The minimum absolute atomic E-state index is 0.254. The second-order valence-corrected chi connectivity index (χ2v) is 7.40. The molecule has 0 aliphatic rings. The number of halogens is 4. The highest BCUT2D eigenvalue weighted by Gasteiger charge is 2.34. The number of rotatable bonds is 4. The largest absolute Gasteiger partial charge is 0.435 e. The molecular formula is C22H17F4N5. The molecule has 0 aliphatic heterocycles. The Bertz CT molecular complexity index is 1230. The lowest BCUT2D eigenvalue weighted by Gasteiger charge is -2.24. The Balaban J connectivity index is 1.71. The van der Waals surface area contributed by atoms with Gasteiger partial charge in [0.2, 0.25) is 5.95 Å². The van der Waals surface area contributed by atoms with Crippen LogP contribution in [-0.2, 0) is 11.6 Å². The molecule has 0 aliphatic carbocycles. The molecule has 0 unspecified atom stereocenters. The molecule has 0 radical (unpaired) electrons. The summed E-state index contributed by atoms with van der Waals surface area (Å²) in [7, 11) is 0. The Hall–Kier alpha value is -3.62. The van der Waals surface area contributed by atoms with Gasteiger partial charge in [-0.3, -0.25) is 4.98 Å². The van der Waals surface area contributed by atoms with Gasteiger partial charge in [-0.05, 0) is 56.3 Å². The number of alkyl halides is 3. The van der Waals surface area contributed by atoms with Crippen LogP contribution in [0.5, 0.6) is 0 Å². The molecule has 0 fully saturated rings. The number of pyridine rings is 3. The molecule has 31 heavy (non-hydrogen) atoms. The Morgan fingerprint density at radius 1 is 0.710 bits per heavy atom. The van der Waals surface area contributed by atoms with Crippen molar-refractivity contribution in [2.45, 2.75) is 25.4 Å². The highest BCUT2D eigenvalue weighted by atomic mass is 19.4. The summed E-state index contributed by atoms with van der Waals surface area (Å²) in [6, 6.07) is 15.8. The van der Waals surface area contributed by atoms with E-state index in [2.05, 4.69) is 20.1 Å². The molecule has 4 aromatic rings. The van der Waals surface area contributed by atoms with E-state index in [1.807, 2.05) is 19.9 Å². The molecule has 4 heterocycles. The summed E-state index contributed by atoms with van der Waals surface area (Å²) in [5, 5.41) is 3.58. The van der Waals surface area contributed by atoms with Gasteiger partial charge in [0, 0.05) is 11.6 Å². The summed E-state index contributed by atoms with van der Waals surface area (Å²) < 4.78 is 53.2. The number of hydrogen-bond acceptors (Lipinski definition) is 4. The van der Waals surface area contributed by atoms with Crippen molar-refractivity contribution < 1.29 is 17.6 Å². The standard InChI is InChI=1S/C22H17F4N5/c1-21(2,16-8-3-6-14(27-16)15-7-4-10-19(23)28-15)17-9-5-11-20(29-17)31-13-12-18(30-31)22(24,25)26/h3-13H,1-2H3. The maximum Gasteiger partial charge on any atom is 0.435 e. The van der Waals surface area contributed by atoms with E-state index in [0.717, 1.165) is 10.7 Å². The molecule has 0 aromatic carbocycles. The molecule has 0 atom stereocenters. The van der Waals surface area contributed by atoms with Crippen LogP contribution in [0.3, 0.4) is 0 Å². The van der Waals surface area contributed by atoms with Gasteiger partial charge < -0.3 is 0 Å². The Kier molecular flexibility index (Phi) is 5.04. The van der Waals surface area contributed by atoms with Crippen molar-refractivity contribution in [2.75, 3.05) is 0 Å². The summed E-state index contributed by atoms with van der Waals surface area (Å²) in [6.07, 6.45) is -3.31. The fraction of sp³-hybridized carbons (Fsp3) is 0.182. The zero-order valence-corrected chi connectivity index (χ0v) is 16.6. The van der Waals surface area contributed by atoms with Crippen molar-refractivity contribution in [3.05, 3.63) is 89.9 Å². The van der Waals surface area contributed by atoms with E-state index in [-0.39, 0.29) is 5.82 Å². The molecule has 0 amide bonds. The second kappa shape index (κ2) is 7.57. The molecule has 4 rings (SSSR count). The third-order valence-electron chi connectivity index (χ3n) is 4.86. The van der Waals surface area contributed by atoms with Crippen molar-refractivity contribution in [1.82, 2.24) is 24.7 Å². The predicted molar refractivity (Wildman–Crippen MR) is 106 cm³/mol. The van der Waals surface area contributed by atoms with Crippen molar-refractivity contribution in [3.63, 3.8) is 0 Å². The highest BCUT2D eigenvalue weighted by molar-refractivity contribution is 5.54. The normalized spacial score (nSPS) is 12.2. The monoisotopic (exact) mass is 427 g/mol. The first-order chi connectivity index (χ1) is 14.6. The van der Waals surface area contributed by atoms with E-state index in [1.165, 1.54) is 12.3 Å². The molecule has 0 spiro atoms. The minimum atomic E-state index is -4.53. The molecule has 5 nitrogen and oxygen atoms in total. The van der Waals surface area contributed by atoms with Gasteiger partial charge in [0.15, 0.2) is 11.5 Å². The average molecular weight is 427 g/mol. The lowest BCUT2D eigenvalue weighted by Crippen LogP contribution is -2.23. The second-order valence-electron chi connectivity index (χ2n) is 7.40. The number of nitrogens with zero attached hydrogens (tertiary/aromatic N) is 5. The van der Waals surface area contributed by atoms with Crippen LogP contribution < -0.4 is 0 Å². The third kappa shape index (κ3) is 4.16. The van der Waals surface area contributed by atoms with Crippen LogP contribution in [0.2, 0.25) is 0 Å². The fourth-order valence-corrected chi connectivity index (χ4v) is 3.11. The summed E-state index contributed by atoms with van der Waals surface area (Å²) >= 11 is 0. The summed E-state index contributed by atoms with van der Waals surface area (Å²) in [4.78, 5) is 13.0. The van der Waals surface area contributed by atoms with E-state index < -0.39 is 23.2 Å². The molecule has 0 bridgehead atoms. The van der Waals surface area contributed by atoms with E-state index in [4.69, 9.17) is 0 Å². The van der Waals surface area contributed by atoms with Crippen LogP contribution in [-0.4, -0.2) is 24.7 Å². The molecule has 9 heteroatoms. The zero-order valence-electron chi connectivity index (χ0n) is 16.6. The zero-order chi connectivity index (χ0) is 22.2. The van der Waals surface area contributed by atoms with Crippen LogP contribution >= 0.6 is 0 Å². The van der Waals surface area contributed by atoms with Crippen LogP contribution in [0.25, 0.3) is 17.2 Å². The van der Waals surface area contributed by atoms with Gasteiger partial charge >= 0.3 is 6.18 Å². The number of hydrogen-bond donors (Lipinski definition) is 0. The van der Waals surface area contributed by atoms with Crippen molar-refractivity contribution in [2.24, 2.45) is 0 Å². The van der Waals surface area contributed by atoms with E-state index in [0.29, 0.717) is 22.8 Å². The first-order valence-electron chi connectivity index (χ1n) is 9.36. The van der Waals surface area contributed by atoms with Gasteiger partial charge in [0.1, 0.15) is 0 Å². The van der Waals surface area contributed by atoms with Gasteiger partial charge in [-0.15, -0.1) is 0 Å². The molecule has 0 saturated heterocycles. The van der Waals surface area contributed by atoms with Gasteiger partial charge in [0.25, 0.3) is 0 Å². The van der Waals surface area contributed by atoms with Gasteiger partial charge in [-0.1, -0.05) is 18.2 Å². The predicted octanol–water partition coefficient (Wildman–Crippen LogP) is 5.21. The van der Waals surface area contributed by atoms with E-state index in [9.17, 15) is 17.6 Å². The summed E-state index contributed by atoms with van der Waals surface area (Å²) in [5.74, 6) is -0.347. The molecule has 0 N–H and O–H groups in total. The van der Waals surface area contributed by atoms with Crippen LogP contribution in [0.4, 0.5) is 17.6 Å². The topological polar surface area (TPSA) is 56.5 Å². The maximum atomic E-state index is 13.5. The Labute approximate surface area is 175 Å². The quantitative estimate of drug-likeness (QED) is 0.332. The summed E-state index contributed by atoms with van der Waals surface area (Å²) in [6.45, 7) is 3.79. The highest BCUT2D eigenvalue weighted by Crippen LogP contribution is 2.31. The lowest BCUT2D eigenvalue weighted by molar-refractivity contribution is -0.141. The van der Waals surface area contributed by atoms with Gasteiger partial charge in [-0.25, -0.2) is 14.6 Å². The third-order valence-corrected chi connectivity index (χ3v) is 4.86. The smallest absolute Gasteiger partial charge is 0.250 e. The Morgan fingerprint density at radius 3 is 1.97 bits per heavy atom. The fourth-order valence-electron chi connectivity index (χ4n) is 3.11. The molecular weight excluding hydrogens is 410 g/mol. The minimum Gasteiger partial charge on any atom is -0.250 e. The first-order valence-corrected chi connectivity index (χ1v) is 9.36.